The van der Waals surface area contributed by atoms with Crippen LogP contribution in [0.15, 0.2) is 0 Å². The minimum atomic E-state index is -2.25. The summed E-state index contributed by atoms with van der Waals surface area (Å²) in [6, 6.07) is 0. The molecule has 0 rings (SSSR count). The van der Waals surface area contributed by atoms with Crippen molar-refractivity contribution >= 4 is 22.9 Å². The molecule has 68 valence electrons. The Morgan fingerprint density at radius 3 is 0.909 bits per heavy atom. The first kappa shape index (κ1) is 11.7. The summed E-state index contributed by atoms with van der Waals surface area (Å²) in [5.41, 5.74) is 0. The van der Waals surface area contributed by atoms with Gasteiger partial charge in [-0.15, -0.1) is 0 Å². The molecule has 0 aromatic carbocycles. The van der Waals surface area contributed by atoms with Crippen LogP contribution in [-0.4, -0.2) is 66.3 Å². The Labute approximate surface area is 76.9 Å². The van der Waals surface area contributed by atoms with Crippen molar-refractivity contribution in [1.82, 2.24) is 11.5 Å². The molecule has 5 heteroatoms. The normalized spacial score (nSPS) is 13.5. The molecule has 3 nitrogen and oxygen atoms in total. The van der Waals surface area contributed by atoms with Gasteiger partial charge in [0.25, 0.3) is 0 Å². The van der Waals surface area contributed by atoms with Gasteiger partial charge in [0.1, 0.15) is 0 Å². The van der Waals surface area contributed by atoms with Crippen molar-refractivity contribution in [2.75, 3.05) is 42.3 Å². The van der Waals surface area contributed by atoms with E-state index in [1.165, 1.54) is 0 Å². The molecule has 0 radical (unpaired) electrons. The van der Waals surface area contributed by atoms with Crippen molar-refractivity contribution in [3.8, 4) is 0 Å². The van der Waals surface area contributed by atoms with Gasteiger partial charge in [0.2, 0.25) is 0 Å². The van der Waals surface area contributed by atoms with E-state index < -0.39 is 12.6 Å². The van der Waals surface area contributed by atoms with Crippen molar-refractivity contribution < 1.29 is 0 Å². The summed E-state index contributed by atoms with van der Waals surface area (Å²) in [5, 5.41) is 0. The van der Waals surface area contributed by atoms with Gasteiger partial charge in [0.15, 0.2) is 0 Å². The first-order chi connectivity index (χ1) is 4.83. The fraction of sp³-hybridized carbons (Fsp3) is 1.00. The van der Waals surface area contributed by atoms with Crippen LogP contribution in [0.3, 0.4) is 0 Å². The average molecular weight is 239 g/mol. The summed E-state index contributed by atoms with van der Waals surface area (Å²) in [7, 11) is 18.0. The van der Waals surface area contributed by atoms with Gasteiger partial charge >= 0.3 is 76.7 Å². The van der Waals surface area contributed by atoms with E-state index in [1.54, 1.807) is 0 Å². The quantitative estimate of drug-likeness (QED) is 0.655. The summed E-state index contributed by atoms with van der Waals surface area (Å²) in [6.07, 6.45) is 0. The van der Waals surface area contributed by atoms with Crippen molar-refractivity contribution in [1.29, 1.82) is 0 Å². The molecule has 11 heavy (non-hydrogen) atoms. The molecule has 0 unspecified atom stereocenters. The second-order valence-corrected chi connectivity index (χ2v) is 12.8. The number of rotatable bonds is 3. The molecule has 0 aliphatic heterocycles. The molecular formula is C6H18AsN3S. The van der Waals surface area contributed by atoms with Crippen molar-refractivity contribution in [3.63, 3.8) is 0 Å². The van der Waals surface area contributed by atoms with E-state index in [9.17, 15) is 0 Å². The first-order valence-corrected chi connectivity index (χ1v) is 8.65. The third-order valence-corrected chi connectivity index (χ3v) is 13.2. The van der Waals surface area contributed by atoms with Gasteiger partial charge in [-0.3, -0.25) is 0 Å². The zero-order chi connectivity index (χ0) is 9.23. The van der Waals surface area contributed by atoms with E-state index in [2.05, 4.69) is 53.7 Å². The van der Waals surface area contributed by atoms with E-state index in [0.717, 1.165) is 0 Å². The third kappa shape index (κ3) is 2.30. The van der Waals surface area contributed by atoms with Gasteiger partial charge in [0.05, 0.1) is 0 Å². The maximum absolute atomic E-state index is 5.62. The number of hydrogen-bond acceptors (Lipinski definition) is 1. The molecule has 0 fully saturated rings. The minimum absolute atomic E-state index is 2.06. The summed E-state index contributed by atoms with van der Waals surface area (Å²) >= 11 is -2.25. The predicted molar refractivity (Wildman–Crippen MR) is 54.4 cm³/mol. The standard InChI is InChI=1S/C6H18AsN3S/c1-8(2)7(11,9(3)4)10(5)6/h1-6H3. The van der Waals surface area contributed by atoms with Crippen LogP contribution in [-0.2, 0) is 0 Å². The van der Waals surface area contributed by atoms with Crippen LogP contribution in [0, 0.1) is 0 Å². The first-order valence-electron chi connectivity index (χ1n) is 3.47. The van der Waals surface area contributed by atoms with Crippen LogP contribution in [0.2, 0.25) is 0 Å². The molecule has 0 aromatic heterocycles. The fourth-order valence-corrected chi connectivity index (χ4v) is 5.58. The van der Waals surface area contributed by atoms with Crippen molar-refractivity contribution in [2.45, 2.75) is 0 Å². The topological polar surface area (TPSA) is 9.72 Å². The monoisotopic (exact) mass is 239 g/mol. The van der Waals surface area contributed by atoms with Gasteiger partial charge < -0.3 is 0 Å². The molecule has 0 atom stereocenters. The molecule has 0 aromatic rings. The second kappa shape index (κ2) is 4.06. The molecule has 0 spiro atoms. The van der Waals surface area contributed by atoms with Crippen LogP contribution in [0.5, 0.6) is 0 Å². The van der Waals surface area contributed by atoms with E-state index in [1.807, 2.05) is 0 Å². The van der Waals surface area contributed by atoms with Crippen LogP contribution in [0.1, 0.15) is 0 Å². The van der Waals surface area contributed by atoms with Crippen LogP contribution < -0.4 is 0 Å². The van der Waals surface area contributed by atoms with Crippen LogP contribution in [0.4, 0.5) is 0 Å². The zero-order valence-corrected chi connectivity index (χ0v) is 10.9. The van der Waals surface area contributed by atoms with Crippen LogP contribution >= 0.6 is 10.4 Å². The third-order valence-electron chi connectivity index (χ3n) is 1.56. The van der Waals surface area contributed by atoms with E-state index in [-0.39, 0.29) is 0 Å². The van der Waals surface area contributed by atoms with Gasteiger partial charge in [-0.2, -0.15) is 0 Å². The van der Waals surface area contributed by atoms with Crippen LogP contribution in [0.25, 0.3) is 0 Å². The van der Waals surface area contributed by atoms with Crippen molar-refractivity contribution in [2.24, 2.45) is 0 Å². The predicted octanol–water partition coefficient (Wildman–Crippen LogP) is 0.304. The molecule has 0 aliphatic rings. The second-order valence-electron chi connectivity index (χ2n) is 3.05. The van der Waals surface area contributed by atoms with Gasteiger partial charge in [0, 0.05) is 0 Å². The SMILES string of the molecule is CN(C)[As](=S)(N(C)C)N(C)C. The van der Waals surface area contributed by atoms with Gasteiger partial charge in [-0.1, -0.05) is 0 Å². The number of hydrogen-bond donors (Lipinski definition) is 0. The van der Waals surface area contributed by atoms with Gasteiger partial charge in [-0.05, 0) is 0 Å². The van der Waals surface area contributed by atoms with E-state index in [0.29, 0.717) is 0 Å². The number of nitrogens with zero attached hydrogens (tertiary/aromatic N) is 3. The Kier molecular flexibility index (Phi) is 4.30. The zero-order valence-electron chi connectivity index (χ0n) is 8.20. The molecular weight excluding hydrogens is 221 g/mol. The summed E-state index contributed by atoms with van der Waals surface area (Å²) in [5.74, 6) is 0. The van der Waals surface area contributed by atoms with Crippen molar-refractivity contribution in [3.05, 3.63) is 0 Å². The summed E-state index contributed by atoms with van der Waals surface area (Å²) < 4.78 is 6.52. The molecule has 0 amide bonds. The Morgan fingerprint density at radius 2 is 0.909 bits per heavy atom. The molecule has 0 N–H and O–H groups in total. The van der Waals surface area contributed by atoms with Gasteiger partial charge in [-0.25, -0.2) is 0 Å². The molecule has 0 saturated heterocycles. The average Bonchev–Trinajstić information content (AvgIpc) is 1.84. The fourth-order valence-electron chi connectivity index (χ4n) is 1.07. The molecule has 0 aliphatic carbocycles. The molecule has 0 heterocycles. The molecule has 0 saturated carbocycles. The summed E-state index contributed by atoms with van der Waals surface area (Å²) in [6.45, 7) is 0. The Balaban J connectivity index is 4.69. The maximum atomic E-state index is 5.62. The Hall–Kier alpha value is 0.658. The van der Waals surface area contributed by atoms with E-state index >= 15 is 0 Å². The Bertz CT molecular complexity index is 139. The Morgan fingerprint density at radius 1 is 0.727 bits per heavy atom. The molecule has 0 bridgehead atoms. The van der Waals surface area contributed by atoms with E-state index in [4.69, 9.17) is 10.4 Å². The summed E-state index contributed by atoms with van der Waals surface area (Å²) in [4.78, 5) is 0.